The molecular formula is C23H25F3N4O4. The third-order valence-corrected chi connectivity index (χ3v) is 6.10. The Morgan fingerprint density at radius 1 is 1.18 bits per heavy atom. The van der Waals surface area contributed by atoms with E-state index in [-0.39, 0.29) is 55.7 Å². The van der Waals surface area contributed by atoms with Gasteiger partial charge < -0.3 is 14.5 Å². The standard InChI is InChI=1S/C23H25F3N4O4/c1-2-34-22(33)16-7-5-9-28(14-16)20(31)18-12-19-21(32)29(10-11-30(19)27-18)13-15-6-3-4-8-17(15)23(24,25)26/h3-4,6,8,12,16H,2,5,7,9-11,13-14H2,1H3/t16-/m0/s1. The molecule has 1 aromatic heterocycles. The maximum Gasteiger partial charge on any atom is 0.416 e. The van der Waals surface area contributed by atoms with Crippen LogP contribution in [0.5, 0.6) is 0 Å². The maximum absolute atomic E-state index is 13.3. The fourth-order valence-electron chi connectivity index (χ4n) is 4.41. The number of rotatable bonds is 5. The summed E-state index contributed by atoms with van der Waals surface area (Å²) >= 11 is 0. The summed E-state index contributed by atoms with van der Waals surface area (Å²) in [6.45, 7) is 2.90. The number of aromatic nitrogens is 2. The van der Waals surface area contributed by atoms with Crippen molar-refractivity contribution in [3.05, 3.63) is 52.8 Å². The van der Waals surface area contributed by atoms with E-state index in [0.717, 1.165) is 6.07 Å². The number of hydrogen-bond donors (Lipinski definition) is 0. The number of benzene rings is 1. The summed E-state index contributed by atoms with van der Waals surface area (Å²) in [4.78, 5) is 41.0. The highest BCUT2D eigenvalue weighted by Gasteiger charge is 2.36. The molecular weight excluding hydrogens is 453 g/mol. The van der Waals surface area contributed by atoms with Gasteiger partial charge in [0.05, 0.1) is 24.6 Å². The number of piperidine rings is 1. The van der Waals surface area contributed by atoms with Crippen molar-refractivity contribution in [3.8, 4) is 0 Å². The average Bonchev–Trinajstić information content (AvgIpc) is 3.25. The van der Waals surface area contributed by atoms with E-state index in [1.54, 1.807) is 6.92 Å². The Morgan fingerprint density at radius 2 is 1.94 bits per heavy atom. The van der Waals surface area contributed by atoms with Crippen LogP contribution in [-0.4, -0.2) is 63.6 Å². The molecule has 2 aliphatic rings. The minimum absolute atomic E-state index is 0.00550. The zero-order valence-electron chi connectivity index (χ0n) is 18.7. The minimum atomic E-state index is -4.52. The normalized spacial score (nSPS) is 18.6. The van der Waals surface area contributed by atoms with Crippen LogP contribution in [0, 0.1) is 5.92 Å². The number of ether oxygens (including phenoxy) is 1. The molecule has 8 nitrogen and oxygen atoms in total. The lowest BCUT2D eigenvalue weighted by Gasteiger charge is -2.31. The van der Waals surface area contributed by atoms with E-state index in [9.17, 15) is 27.6 Å². The third-order valence-electron chi connectivity index (χ3n) is 6.10. The van der Waals surface area contributed by atoms with Crippen LogP contribution in [-0.2, 0) is 28.8 Å². The molecule has 2 amide bonds. The summed E-state index contributed by atoms with van der Waals surface area (Å²) in [6, 6.07) is 6.54. The summed E-state index contributed by atoms with van der Waals surface area (Å²) in [6.07, 6.45) is -3.24. The monoisotopic (exact) mass is 478 g/mol. The van der Waals surface area contributed by atoms with E-state index in [2.05, 4.69) is 5.10 Å². The molecule has 34 heavy (non-hydrogen) atoms. The quantitative estimate of drug-likeness (QED) is 0.617. The van der Waals surface area contributed by atoms with Crippen LogP contribution in [0.2, 0.25) is 0 Å². The Balaban J connectivity index is 1.49. The number of fused-ring (bicyclic) bond motifs is 1. The lowest BCUT2D eigenvalue weighted by atomic mass is 9.98. The van der Waals surface area contributed by atoms with Crippen molar-refractivity contribution in [3.63, 3.8) is 0 Å². The smallest absolute Gasteiger partial charge is 0.416 e. The molecule has 1 fully saturated rings. The molecule has 1 saturated heterocycles. The molecule has 0 bridgehead atoms. The molecule has 182 valence electrons. The van der Waals surface area contributed by atoms with Crippen LogP contribution in [0.1, 0.15) is 51.9 Å². The van der Waals surface area contributed by atoms with Crippen LogP contribution in [0.15, 0.2) is 30.3 Å². The van der Waals surface area contributed by atoms with Gasteiger partial charge in [-0.05, 0) is 31.4 Å². The number of alkyl halides is 3. The van der Waals surface area contributed by atoms with Crippen LogP contribution in [0.3, 0.4) is 0 Å². The Kier molecular flexibility index (Phi) is 6.63. The van der Waals surface area contributed by atoms with Crippen molar-refractivity contribution < 1.29 is 32.3 Å². The van der Waals surface area contributed by atoms with Gasteiger partial charge in [0.2, 0.25) is 0 Å². The van der Waals surface area contributed by atoms with Crippen LogP contribution < -0.4 is 0 Å². The number of amides is 2. The van der Waals surface area contributed by atoms with Gasteiger partial charge in [0, 0.05) is 32.2 Å². The Morgan fingerprint density at radius 3 is 2.68 bits per heavy atom. The van der Waals surface area contributed by atoms with Gasteiger partial charge in [-0.2, -0.15) is 18.3 Å². The van der Waals surface area contributed by atoms with E-state index >= 15 is 0 Å². The van der Waals surface area contributed by atoms with Crippen LogP contribution >= 0.6 is 0 Å². The molecule has 0 saturated carbocycles. The molecule has 3 heterocycles. The average molecular weight is 478 g/mol. The number of carbonyl (C=O) groups is 3. The first-order chi connectivity index (χ1) is 16.2. The topological polar surface area (TPSA) is 84.7 Å². The lowest BCUT2D eigenvalue weighted by Crippen LogP contribution is -2.43. The van der Waals surface area contributed by atoms with Crippen molar-refractivity contribution >= 4 is 17.8 Å². The van der Waals surface area contributed by atoms with Gasteiger partial charge >= 0.3 is 12.1 Å². The molecule has 0 aliphatic carbocycles. The second kappa shape index (κ2) is 9.47. The number of halogens is 3. The van der Waals surface area contributed by atoms with Gasteiger partial charge in [-0.3, -0.25) is 19.1 Å². The number of hydrogen-bond acceptors (Lipinski definition) is 5. The number of likely N-dealkylation sites (tertiary alicyclic amines) is 1. The predicted molar refractivity (Wildman–Crippen MR) is 114 cm³/mol. The first-order valence-electron chi connectivity index (χ1n) is 11.2. The van der Waals surface area contributed by atoms with Crippen molar-refractivity contribution in [2.45, 2.75) is 39.0 Å². The number of carbonyl (C=O) groups excluding carboxylic acids is 3. The fourth-order valence-corrected chi connectivity index (χ4v) is 4.41. The van der Waals surface area contributed by atoms with E-state index in [4.69, 9.17) is 4.74 Å². The highest BCUT2D eigenvalue weighted by molar-refractivity contribution is 5.98. The van der Waals surface area contributed by atoms with Crippen molar-refractivity contribution in [1.82, 2.24) is 19.6 Å². The van der Waals surface area contributed by atoms with E-state index in [1.165, 1.54) is 38.7 Å². The highest BCUT2D eigenvalue weighted by Crippen LogP contribution is 2.33. The summed E-state index contributed by atoms with van der Waals surface area (Å²) in [7, 11) is 0. The van der Waals surface area contributed by atoms with E-state index in [1.807, 2.05) is 0 Å². The van der Waals surface area contributed by atoms with Gasteiger partial charge in [0.1, 0.15) is 5.69 Å². The first kappa shape index (κ1) is 23.8. The van der Waals surface area contributed by atoms with Gasteiger partial charge in [-0.1, -0.05) is 18.2 Å². The number of esters is 1. The minimum Gasteiger partial charge on any atom is -0.466 e. The molecule has 0 spiro atoms. The van der Waals surface area contributed by atoms with Gasteiger partial charge in [0.25, 0.3) is 11.8 Å². The Bertz CT molecular complexity index is 1100. The molecule has 4 rings (SSSR count). The summed E-state index contributed by atoms with van der Waals surface area (Å²) in [5, 5.41) is 4.26. The molecule has 1 aromatic carbocycles. The van der Waals surface area contributed by atoms with Gasteiger partial charge in [-0.15, -0.1) is 0 Å². The predicted octanol–water partition coefficient (Wildman–Crippen LogP) is 2.97. The van der Waals surface area contributed by atoms with Crippen molar-refractivity contribution in [2.24, 2.45) is 5.92 Å². The molecule has 0 N–H and O–H groups in total. The lowest BCUT2D eigenvalue weighted by molar-refractivity contribution is -0.149. The fraction of sp³-hybridized carbons (Fsp3) is 0.478. The summed E-state index contributed by atoms with van der Waals surface area (Å²) in [5.74, 6) is -1.62. The van der Waals surface area contributed by atoms with Gasteiger partial charge in [0.15, 0.2) is 5.69 Å². The largest absolute Gasteiger partial charge is 0.466 e. The second-order valence-corrected chi connectivity index (χ2v) is 8.36. The molecule has 11 heteroatoms. The third kappa shape index (κ3) is 4.78. The van der Waals surface area contributed by atoms with Crippen molar-refractivity contribution in [2.75, 3.05) is 26.2 Å². The molecule has 0 radical (unpaired) electrons. The van der Waals surface area contributed by atoms with E-state index < -0.39 is 29.5 Å². The van der Waals surface area contributed by atoms with Crippen LogP contribution in [0.25, 0.3) is 0 Å². The SMILES string of the molecule is CCOC(=O)[C@H]1CCCN(C(=O)c2cc3n(n2)CCN(Cc2ccccc2C(F)(F)F)C3=O)C1. The summed E-state index contributed by atoms with van der Waals surface area (Å²) in [5.41, 5.74) is -0.548. The maximum atomic E-state index is 13.3. The molecule has 2 aliphatic heterocycles. The van der Waals surface area contributed by atoms with E-state index in [0.29, 0.717) is 19.4 Å². The molecule has 1 atom stereocenters. The number of nitrogens with zero attached hydrogens (tertiary/aromatic N) is 4. The molecule has 2 aromatic rings. The zero-order valence-corrected chi connectivity index (χ0v) is 18.7. The molecule has 0 unspecified atom stereocenters. The summed E-state index contributed by atoms with van der Waals surface area (Å²) < 4.78 is 46.5. The first-order valence-corrected chi connectivity index (χ1v) is 11.2. The zero-order chi connectivity index (χ0) is 24.5. The highest BCUT2D eigenvalue weighted by atomic mass is 19.4. The Hall–Kier alpha value is -3.37. The van der Waals surface area contributed by atoms with Crippen molar-refractivity contribution in [1.29, 1.82) is 0 Å². The second-order valence-electron chi connectivity index (χ2n) is 8.36. The Labute approximate surface area is 194 Å². The van der Waals surface area contributed by atoms with Crippen LogP contribution in [0.4, 0.5) is 13.2 Å². The van der Waals surface area contributed by atoms with Gasteiger partial charge in [-0.25, -0.2) is 0 Å².